The van der Waals surface area contributed by atoms with Crippen molar-refractivity contribution in [1.82, 2.24) is 4.57 Å². The molecule has 0 atom stereocenters. The number of aryl methyl sites for hydroxylation is 2. The van der Waals surface area contributed by atoms with Crippen LogP contribution in [0.1, 0.15) is 5.56 Å². The molecular formula is C26H21FN2O3. The number of hydrogen-bond donors (Lipinski definition) is 1. The van der Waals surface area contributed by atoms with Crippen LogP contribution in [0.3, 0.4) is 0 Å². The first-order chi connectivity index (χ1) is 15.4. The second-order valence-corrected chi connectivity index (χ2v) is 7.42. The molecule has 0 aliphatic carbocycles. The topological polar surface area (TPSA) is 60.3 Å². The van der Waals surface area contributed by atoms with E-state index in [0.717, 1.165) is 10.9 Å². The Labute approximate surface area is 184 Å². The number of carbonyl (C=O) groups excluding carboxylic acids is 1. The van der Waals surface area contributed by atoms with Crippen LogP contribution in [-0.2, 0) is 11.8 Å². The van der Waals surface area contributed by atoms with Gasteiger partial charge in [-0.3, -0.25) is 9.59 Å². The monoisotopic (exact) mass is 428 g/mol. The van der Waals surface area contributed by atoms with Crippen molar-refractivity contribution in [3.05, 3.63) is 101 Å². The summed E-state index contributed by atoms with van der Waals surface area (Å²) >= 11 is 0. The van der Waals surface area contributed by atoms with Gasteiger partial charge in [0.2, 0.25) is 5.91 Å². The van der Waals surface area contributed by atoms with Crippen molar-refractivity contribution < 1.29 is 13.9 Å². The first kappa shape index (κ1) is 21.1. The lowest BCUT2D eigenvalue weighted by molar-refractivity contribution is -0.111. The summed E-state index contributed by atoms with van der Waals surface area (Å²) in [5.74, 6) is 0.0713. The Kier molecular flexibility index (Phi) is 5.60. The predicted octanol–water partition coefficient (Wildman–Crippen LogP) is 5.57. The summed E-state index contributed by atoms with van der Waals surface area (Å²) in [6.45, 7) is 5.16. The Bertz CT molecular complexity index is 1420. The van der Waals surface area contributed by atoms with Crippen LogP contribution in [0.15, 0.2) is 84.3 Å². The smallest absolute Gasteiger partial charge is 0.258 e. The van der Waals surface area contributed by atoms with Gasteiger partial charge in [-0.25, -0.2) is 4.39 Å². The Morgan fingerprint density at radius 1 is 1.06 bits per heavy atom. The van der Waals surface area contributed by atoms with E-state index in [1.807, 2.05) is 12.1 Å². The lowest BCUT2D eigenvalue weighted by Gasteiger charge is -2.16. The Morgan fingerprint density at radius 3 is 2.53 bits per heavy atom. The summed E-state index contributed by atoms with van der Waals surface area (Å²) in [6.07, 6.45) is 2.91. The summed E-state index contributed by atoms with van der Waals surface area (Å²) in [6, 6.07) is 17.1. The first-order valence-electron chi connectivity index (χ1n) is 9.97. The fraction of sp³-hybridized carbons (Fsp3) is 0.0769. The predicted molar refractivity (Wildman–Crippen MR) is 125 cm³/mol. The maximum atomic E-state index is 14.1. The van der Waals surface area contributed by atoms with Gasteiger partial charge in [0.05, 0.1) is 0 Å². The number of pyridine rings is 1. The van der Waals surface area contributed by atoms with Gasteiger partial charge in [-0.2, -0.15) is 0 Å². The molecular weight excluding hydrogens is 407 g/mol. The minimum absolute atomic E-state index is 0.122. The van der Waals surface area contributed by atoms with Crippen LogP contribution < -0.4 is 15.6 Å². The van der Waals surface area contributed by atoms with Crippen molar-refractivity contribution in [2.24, 2.45) is 7.05 Å². The number of carbonyl (C=O) groups is 1. The number of anilines is 1. The van der Waals surface area contributed by atoms with Gasteiger partial charge in [0, 0.05) is 41.5 Å². The molecule has 160 valence electrons. The number of rotatable bonds is 5. The van der Waals surface area contributed by atoms with E-state index < -0.39 is 0 Å². The zero-order valence-corrected chi connectivity index (χ0v) is 17.7. The van der Waals surface area contributed by atoms with Crippen LogP contribution in [0.5, 0.6) is 11.5 Å². The lowest BCUT2D eigenvalue weighted by atomic mass is 9.99. The van der Waals surface area contributed by atoms with E-state index in [1.165, 1.54) is 16.7 Å². The van der Waals surface area contributed by atoms with E-state index >= 15 is 0 Å². The zero-order valence-electron chi connectivity index (χ0n) is 17.7. The van der Waals surface area contributed by atoms with E-state index in [2.05, 4.69) is 11.9 Å². The van der Waals surface area contributed by atoms with Crippen molar-refractivity contribution in [3.63, 3.8) is 0 Å². The minimum Gasteiger partial charge on any atom is -0.457 e. The van der Waals surface area contributed by atoms with Crippen molar-refractivity contribution in [2.45, 2.75) is 6.92 Å². The van der Waals surface area contributed by atoms with E-state index in [9.17, 15) is 14.0 Å². The van der Waals surface area contributed by atoms with Crippen LogP contribution >= 0.6 is 0 Å². The zero-order chi connectivity index (χ0) is 22.8. The average molecular weight is 428 g/mol. The summed E-state index contributed by atoms with van der Waals surface area (Å²) in [7, 11) is 1.68. The molecule has 0 aliphatic rings. The van der Waals surface area contributed by atoms with Gasteiger partial charge in [0.15, 0.2) is 0 Å². The summed E-state index contributed by atoms with van der Waals surface area (Å²) in [5, 5.41) is 4.04. The summed E-state index contributed by atoms with van der Waals surface area (Å²) < 4.78 is 21.6. The highest BCUT2D eigenvalue weighted by Gasteiger charge is 2.15. The third kappa shape index (κ3) is 4.03. The fourth-order valence-electron chi connectivity index (χ4n) is 3.50. The first-order valence-corrected chi connectivity index (χ1v) is 9.97. The van der Waals surface area contributed by atoms with Crippen molar-refractivity contribution in [3.8, 4) is 22.6 Å². The quantitative estimate of drug-likeness (QED) is 0.423. The normalized spacial score (nSPS) is 10.7. The van der Waals surface area contributed by atoms with Crippen molar-refractivity contribution in [1.29, 1.82) is 0 Å². The highest BCUT2D eigenvalue weighted by Crippen LogP contribution is 2.38. The maximum Gasteiger partial charge on any atom is 0.258 e. The van der Waals surface area contributed by atoms with E-state index in [-0.39, 0.29) is 17.3 Å². The molecule has 4 rings (SSSR count). The number of amides is 1. The summed E-state index contributed by atoms with van der Waals surface area (Å²) in [4.78, 5) is 24.5. The Balaban J connectivity index is 1.93. The van der Waals surface area contributed by atoms with Gasteiger partial charge in [-0.15, -0.1) is 0 Å². The van der Waals surface area contributed by atoms with E-state index in [0.29, 0.717) is 33.7 Å². The fourth-order valence-corrected chi connectivity index (χ4v) is 3.50. The van der Waals surface area contributed by atoms with Gasteiger partial charge in [-0.1, -0.05) is 30.8 Å². The highest BCUT2D eigenvalue weighted by atomic mass is 19.1. The van der Waals surface area contributed by atoms with Gasteiger partial charge in [-0.05, 0) is 54.3 Å². The number of fused-ring (bicyclic) bond motifs is 1. The van der Waals surface area contributed by atoms with Gasteiger partial charge >= 0.3 is 0 Å². The molecule has 3 aromatic carbocycles. The van der Waals surface area contributed by atoms with E-state index in [4.69, 9.17) is 4.74 Å². The number of benzene rings is 3. The second-order valence-electron chi connectivity index (χ2n) is 7.42. The number of nitrogens with zero attached hydrogens (tertiary/aromatic N) is 1. The molecule has 1 amide bonds. The number of ether oxygens (including phenoxy) is 1. The van der Waals surface area contributed by atoms with Gasteiger partial charge < -0.3 is 14.6 Å². The molecule has 32 heavy (non-hydrogen) atoms. The van der Waals surface area contributed by atoms with Crippen molar-refractivity contribution in [2.75, 3.05) is 5.32 Å². The van der Waals surface area contributed by atoms with Crippen LogP contribution in [0.2, 0.25) is 0 Å². The van der Waals surface area contributed by atoms with Gasteiger partial charge in [0.1, 0.15) is 17.3 Å². The molecule has 0 saturated carbocycles. The molecule has 0 bridgehead atoms. The molecule has 0 saturated heterocycles. The molecule has 1 heterocycles. The van der Waals surface area contributed by atoms with Crippen molar-refractivity contribution >= 4 is 22.4 Å². The number of nitrogens with one attached hydrogen (secondary N) is 1. The molecule has 4 aromatic rings. The number of hydrogen-bond acceptors (Lipinski definition) is 3. The van der Waals surface area contributed by atoms with Gasteiger partial charge in [0.25, 0.3) is 5.56 Å². The minimum atomic E-state index is -0.369. The molecule has 0 fully saturated rings. The SMILES string of the molecule is C=CC(=O)Nc1ccc(Oc2ccc(C)c(F)c2)c(-c2cn(C)c(=O)c3ccccc23)c1. The molecule has 0 spiro atoms. The number of halogens is 1. The number of aromatic nitrogens is 1. The molecule has 0 radical (unpaired) electrons. The highest BCUT2D eigenvalue weighted by molar-refractivity contribution is 6.01. The molecule has 1 aromatic heterocycles. The summed E-state index contributed by atoms with van der Waals surface area (Å²) in [5.41, 5.74) is 2.30. The average Bonchev–Trinajstić information content (AvgIpc) is 2.79. The Hall–Kier alpha value is -4.19. The second kappa shape index (κ2) is 8.51. The van der Waals surface area contributed by atoms with Crippen LogP contribution in [0.25, 0.3) is 21.9 Å². The van der Waals surface area contributed by atoms with E-state index in [1.54, 1.807) is 62.6 Å². The molecule has 1 N–H and O–H groups in total. The van der Waals surface area contributed by atoms with Crippen LogP contribution in [0, 0.1) is 12.7 Å². The third-order valence-corrected chi connectivity index (χ3v) is 5.18. The van der Waals surface area contributed by atoms with Crippen LogP contribution in [-0.4, -0.2) is 10.5 Å². The molecule has 5 nitrogen and oxygen atoms in total. The lowest BCUT2D eigenvalue weighted by Crippen LogP contribution is -2.16. The standard InChI is InChI=1S/C26H21FN2O3/c1-4-25(30)28-17-10-12-24(32-18-11-9-16(2)23(27)14-18)21(13-17)22-15-29(3)26(31)20-8-6-5-7-19(20)22/h4-15H,1H2,2-3H3,(H,28,30). The maximum absolute atomic E-state index is 14.1. The third-order valence-electron chi connectivity index (χ3n) is 5.18. The Morgan fingerprint density at radius 2 is 1.81 bits per heavy atom. The largest absolute Gasteiger partial charge is 0.457 e. The molecule has 0 unspecified atom stereocenters. The molecule has 0 aliphatic heterocycles. The van der Waals surface area contributed by atoms with Crippen LogP contribution in [0.4, 0.5) is 10.1 Å². The molecule has 6 heteroatoms.